The molecule has 0 saturated carbocycles. The Morgan fingerprint density at radius 1 is 1.12 bits per heavy atom. The number of rotatable bonds is 6. The lowest BCUT2D eigenvalue weighted by atomic mass is 9.94. The third kappa shape index (κ3) is 4.63. The van der Waals surface area contributed by atoms with Gasteiger partial charge in [-0.1, -0.05) is 11.6 Å². The molecule has 0 amide bonds. The van der Waals surface area contributed by atoms with Crippen molar-refractivity contribution in [1.82, 2.24) is 9.80 Å². The summed E-state index contributed by atoms with van der Waals surface area (Å²) in [5.74, 6) is 1.79. The van der Waals surface area contributed by atoms with Crippen LogP contribution in [0.3, 0.4) is 0 Å². The van der Waals surface area contributed by atoms with Gasteiger partial charge in [-0.25, -0.2) is 0 Å². The van der Waals surface area contributed by atoms with Gasteiger partial charge in [0.1, 0.15) is 0 Å². The number of halogens is 1. The molecule has 26 heavy (non-hydrogen) atoms. The van der Waals surface area contributed by atoms with Crippen molar-refractivity contribution in [3.8, 4) is 11.5 Å². The summed E-state index contributed by atoms with van der Waals surface area (Å²) in [6.45, 7) is 5.66. The first-order chi connectivity index (χ1) is 12.6. The Balaban J connectivity index is 1.61. The molecule has 0 radical (unpaired) electrons. The Labute approximate surface area is 161 Å². The standard InChI is InChI=1S/C20H31ClN2O3/c1-25-19-11-16(10-18(21)20(19)26-2)12-22-7-3-4-17(13-22)23-8-5-15(14-24)6-9-23/h10-11,15,17,24H,3-9,12-14H2,1-2H3. The number of nitrogens with zero attached hydrogens (tertiary/aromatic N) is 2. The molecule has 2 saturated heterocycles. The number of piperidine rings is 2. The van der Waals surface area contributed by atoms with Crippen LogP contribution in [-0.2, 0) is 6.54 Å². The van der Waals surface area contributed by atoms with E-state index in [1.54, 1.807) is 14.2 Å². The van der Waals surface area contributed by atoms with Crippen molar-refractivity contribution < 1.29 is 14.6 Å². The van der Waals surface area contributed by atoms with Crippen molar-refractivity contribution in [2.75, 3.05) is 47.0 Å². The fourth-order valence-electron chi connectivity index (χ4n) is 4.29. The molecule has 146 valence electrons. The van der Waals surface area contributed by atoms with Gasteiger partial charge in [-0.15, -0.1) is 0 Å². The Morgan fingerprint density at radius 3 is 2.54 bits per heavy atom. The van der Waals surface area contributed by atoms with E-state index in [0.29, 0.717) is 35.1 Å². The van der Waals surface area contributed by atoms with Crippen LogP contribution in [0, 0.1) is 5.92 Å². The zero-order valence-electron chi connectivity index (χ0n) is 15.9. The lowest BCUT2D eigenvalue weighted by molar-refractivity contribution is 0.0544. The summed E-state index contributed by atoms with van der Waals surface area (Å²) in [4.78, 5) is 5.14. The second kappa shape index (κ2) is 9.27. The highest BCUT2D eigenvalue weighted by atomic mass is 35.5. The Kier molecular flexibility index (Phi) is 7.04. The van der Waals surface area contributed by atoms with E-state index in [-0.39, 0.29) is 0 Å². The smallest absolute Gasteiger partial charge is 0.179 e. The molecule has 0 aromatic heterocycles. The van der Waals surface area contributed by atoms with E-state index in [4.69, 9.17) is 21.1 Å². The fourth-order valence-corrected chi connectivity index (χ4v) is 4.60. The molecule has 0 aliphatic carbocycles. The summed E-state index contributed by atoms with van der Waals surface area (Å²) < 4.78 is 10.8. The van der Waals surface area contributed by atoms with Gasteiger partial charge in [0.15, 0.2) is 11.5 Å². The van der Waals surface area contributed by atoms with Crippen LogP contribution < -0.4 is 9.47 Å². The van der Waals surface area contributed by atoms with Crippen molar-refractivity contribution >= 4 is 11.6 Å². The molecular formula is C20H31ClN2O3. The SMILES string of the molecule is COc1cc(CN2CCCC(N3CCC(CO)CC3)C2)cc(Cl)c1OC. The Hall–Kier alpha value is -1.01. The molecule has 1 aromatic rings. The number of ether oxygens (including phenoxy) is 2. The third-order valence-corrected chi connectivity index (χ3v) is 6.08. The van der Waals surface area contributed by atoms with Gasteiger partial charge < -0.3 is 14.6 Å². The van der Waals surface area contributed by atoms with E-state index < -0.39 is 0 Å². The zero-order valence-corrected chi connectivity index (χ0v) is 16.7. The topological polar surface area (TPSA) is 45.2 Å². The monoisotopic (exact) mass is 382 g/mol. The molecule has 5 nitrogen and oxygen atoms in total. The predicted molar refractivity (Wildman–Crippen MR) is 104 cm³/mol. The Bertz CT molecular complexity index is 591. The molecule has 0 spiro atoms. The summed E-state index contributed by atoms with van der Waals surface area (Å²) in [6, 6.07) is 4.64. The number of hydrogen-bond acceptors (Lipinski definition) is 5. The van der Waals surface area contributed by atoms with E-state index in [0.717, 1.165) is 51.1 Å². The fraction of sp³-hybridized carbons (Fsp3) is 0.700. The molecule has 1 N–H and O–H groups in total. The minimum atomic E-state index is 0.338. The normalized spacial score (nSPS) is 23.2. The summed E-state index contributed by atoms with van der Waals surface area (Å²) in [6.07, 6.45) is 4.75. The van der Waals surface area contributed by atoms with Gasteiger partial charge in [0.2, 0.25) is 0 Å². The molecular weight excluding hydrogens is 352 g/mol. The molecule has 0 bridgehead atoms. The van der Waals surface area contributed by atoms with E-state index in [9.17, 15) is 5.11 Å². The summed E-state index contributed by atoms with van der Waals surface area (Å²) >= 11 is 6.36. The second-order valence-corrected chi connectivity index (χ2v) is 7.91. The first-order valence-corrected chi connectivity index (χ1v) is 10.00. The molecule has 3 rings (SSSR count). The van der Waals surface area contributed by atoms with Gasteiger partial charge in [-0.05, 0) is 68.9 Å². The van der Waals surface area contributed by atoms with Gasteiger partial charge in [0.05, 0.1) is 19.2 Å². The lowest BCUT2D eigenvalue weighted by Gasteiger charge is -2.42. The number of aliphatic hydroxyl groups excluding tert-OH is 1. The molecule has 1 aromatic carbocycles. The molecule has 2 fully saturated rings. The quantitative estimate of drug-likeness (QED) is 0.819. The highest BCUT2D eigenvalue weighted by Gasteiger charge is 2.28. The summed E-state index contributed by atoms with van der Waals surface area (Å²) in [5, 5.41) is 9.94. The molecule has 1 unspecified atom stereocenters. The van der Waals surface area contributed by atoms with Crippen LogP contribution in [0.2, 0.25) is 5.02 Å². The van der Waals surface area contributed by atoms with Crippen molar-refractivity contribution in [3.63, 3.8) is 0 Å². The molecule has 2 heterocycles. The average molecular weight is 383 g/mol. The van der Waals surface area contributed by atoms with Crippen LogP contribution >= 0.6 is 11.6 Å². The zero-order chi connectivity index (χ0) is 18.5. The Morgan fingerprint density at radius 2 is 1.88 bits per heavy atom. The van der Waals surface area contributed by atoms with Crippen LogP contribution in [0.4, 0.5) is 0 Å². The number of benzene rings is 1. The van der Waals surface area contributed by atoms with Crippen LogP contribution in [0.5, 0.6) is 11.5 Å². The van der Waals surface area contributed by atoms with E-state index >= 15 is 0 Å². The van der Waals surface area contributed by atoms with Gasteiger partial charge in [0, 0.05) is 25.7 Å². The van der Waals surface area contributed by atoms with E-state index in [1.807, 2.05) is 12.1 Å². The van der Waals surface area contributed by atoms with Crippen molar-refractivity contribution in [2.24, 2.45) is 5.92 Å². The van der Waals surface area contributed by atoms with Crippen LogP contribution in [0.15, 0.2) is 12.1 Å². The van der Waals surface area contributed by atoms with Crippen molar-refractivity contribution in [3.05, 3.63) is 22.7 Å². The summed E-state index contributed by atoms with van der Waals surface area (Å²) in [5.41, 5.74) is 1.16. The highest BCUT2D eigenvalue weighted by Crippen LogP contribution is 2.36. The van der Waals surface area contributed by atoms with Gasteiger partial charge >= 0.3 is 0 Å². The molecule has 1 atom stereocenters. The number of hydrogen-bond donors (Lipinski definition) is 1. The molecule has 2 aliphatic rings. The maximum absolute atomic E-state index is 9.34. The predicted octanol–water partition coefficient (Wildman–Crippen LogP) is 3.03. The minimum absolute atomic E-state index is 0.338. The van der Waals surface area contributed by atoms with Crippen molar-refractivity contribution in [1.29, 1.82) is 0 Å². The van der Waals surface area contributed by atoms with Crippen LogP contribution in [0.25, 0.3) is 0 Å². The lowest BCUT2D eigenvalue weighted by Crippen LogP contribution is -2.50. The average Bonchev–Trinajstić information content (AvgIpc) is 2.67. The van der Waals surface area contributed by atoms with Crippen LogP contribution in [0.1, 0.15) is 31.2 Å². The molecule has 6 heteroatoms. The number of aliphatic hydroxyl groups is 1. The largest absolute Gasteiger partial charge is 0.493 e. The summed E-state index contributed by atoms with van der Waals surface area (Å²) in [7, 11) is 3.25. The van der Waals surface area contributed by atoms with Gasteiger partial charge in [-0.2, -0.15) is 0 Å². The van der Waals surface area contributed by atoms with Gasteiger partial charge in [0.25, 0.3) is 0 Å². The number of methoxy groups -OCH3 is 2. The van der Waals surface area contributed by atoms with E-state index in [1.165, 1.54) is 12.8 Å². The maximum atomic E-state index is 9.34. The second-order valence-electron chi connectivity index (χ2n) is 7.51. The van der Waals surface area contributed by atoms with Crippen LogP contribution in [-0.4, -0.2) is 68.0 Å². The van der Waals surface area contributed by atoms with E-state index in [2.05, 4.69) is 9.80 Å². The van der Waals surface area contributed by atoms with Gasteiger partial charge in [-0.3, -0.25) is 9.80 Å². The third-order valence-electron chi connectivity index (χ3n) is 5.80. The number of likely N-dealkylation sites (tertiary alicyclic amines) is 2. The molecule has 2 aliphatic heterocycles. The maximum Gasteiger partial charge on any atom is 0.179 e. The first kappa shape index (κ1) is 19.7. The first-order valence-electron chi connectivity index (χ1n) is 9.62. The minimum Gasteiger partial charge on any atom is -0.493 e. The highest BCUT2D eigenvalue weighted by molar-refractivity contribution is 6.32. The van der Waals surface area contributed by atoms with Crippen molar-refractivity contribution in [2.45, 2.75) is 38.3 Å².